The molecule has 1 aliphatic carbocycles. The number of benzene rings is 4. The number of hydrogen-bond donors (Lipinski definition) is 1. The van der Waals surface area contributed by atoms with Gasteiger partial charge in [-0.25, -0.2) is 0 Å². The minimum atomic E-state index is -0.463. The molecule has 0 spiro atoms. The zero-order valence-electron chi connectivity index (χ0n) is 39.0. The van der Waals surface area contributed by atoms with Crippen LogP contribution in [0.5, 0.6) is 0 Å². The zero-order chi connectivity index (χ0) is 44.4. The van der Waals surface area contributed by atoms with E-state index in [0.717, 1.165) is 73.6 Å². The van der Waals surface area contributed by atoms with Crippen LogP contribution in [0, 0.1) is 58.6 Å². The first kappa shape index (κ1) is 42.6. The van der Waals surface area contributed by atoms with Gasteiger partial charge in [0.05, 0.1) is 16.5 Å². The molecule has 1 N–H and O–H groups in total. The van der Waals surface area contributed by atoms with Gasteiger partial charge in [0.25, 0.3) is 0 Å². The van der Waals surface area contributed by atoms with Gasteiger partial charge in [-0.05, 0) is 102 Å². The van der Waals surface area contributed by atoms with E-state index in [1.165, 1.54) is 48.4 Å². The van der Waals surface area contributed by atoms with Crippen molar-refractivity contribution in [3.05, 3.63) is 142 Å². The molecule has 6 heteroatoms. The van der Waals surface area contributed by atoms with Crippen LogP contribution in [0.1, 0.15) is 116 Å². The molecule has 6 aromatic rings. The summed E-state index contributed by atoms with van der Waals surface area (Å²) in [5.41, 5.74) is 10.5. The van der Waals surface area contributed by atoms with Crippen LogP contribution in [0.25, 0.3) is 44.1 Å². The van der Waals surface area contributed by atoms with Gasteiger partial charge in [-0.3, -0.25) is 9.18 Å². The Bertz CT molecular complexity index is 2470. The number of fused-ring (bicyclic) bond motifs is 2. The predicted molar refractivity (Wildman–Crippen MR) is 241 cm³/mol. The molecule has 7 rings (SSSR count). The van der Waals surface area contributed by atoms with Gasteiger partial charge in [-0.1, -0.05) is 103 Å². The summed E-state index contributed by atoms with van der Waals surface area (Å²) < 4.78 is 36.6. The van der Waals surface area contributed by atoms with Crippen molar-refractivity contribution in [1.29, 1.82) is 0 Å². The maximum atomic E-state index is 12.2. The second-order valence-corrected chi connectivity index (χ2v) is 15.9. The Labute approximate surface area is 370 Å². The summed E-state index contributed by atoms with van der Waals surface area (Å²) in [6.45, 7) is 15.6. The van der Waals surface area contributed by atoms with Crippen molar-refractivity contribution in [2.45, 2.75) is 113 Å². The third-order valence-electron chi connectivity index (χ3n) is 11.2. The molecule has 1 atom stereocenters. The van der Waals surface area contributed by atoms with E-state index in [4.69, 9.17) is 4.11 Å². The van der Waals surface area contributed by atoms with E-state index in [1.54, 1.807) is 0 Å². The molecule has 1 fully saturated rings. The molecule has 2 aromatic heterocycles. The maximum Gasteiger partial charge on any atom is 0.162 e. The molecule has 0 aliphatic heterocycles. The van der Waals surface area contributed by atoms with Gasteiger partial charge in [0.1, 0.15) is 0 Å². The smallest absolute Gasteiger partial charge is 0.162 e. The first-order valence-corrected chi connectivity index (χ1v) is 21.0. The molecule has 313 valence electrons. The maximum absolute atomic E-state index is 12.2. The number of carbonyl (C=O) groups is 1. The van der Waals surface area contributed by atoms with Crippen LogP contribution in [0.2, 0.25) is 0 Å². The minimum absolute atomic E-state index is 0. The predicted octanol–water partition coefficient (Wildman–Crippen LogP) is 14.4. The number of halogens is 1. The number of hydrogen-bond acceptors (Lipinski definition) is 4. The summed E-state index contributed by atoms with van der Waals surface area (Å²) in [7, 11) is 0. The molecule has 2 heterocycles. The monoisotopic (exact) mass is 972 g/mol. The van der Waals surface area contributed by atoms with E-state index >= 15 is 0 Å². The van der Waals surface area contributed by atoms with Crippen LogP contribution < -0.4 is 0 Å². The van der Waals surface area contributed by atoms with Crippen LogP contribution in [0.4, 0.5) is 4.39 Å². The molecular formula is C53H61FIrN2O2-2. The summed E-state index contributed by atoms with van der Waals surface area (Å²) in [6, 6.07) is 29.7. The van der Waals surface area contributed by atoms with Gasteiger partial charge < -0.3 is 15.1 Å². The van der Waals surface area contributed by atoms with E-state index in [1.807, 2.05) is 40.7 Å². The van der Waals surface area contributed by atoms with Crippen LogP contribution in [-0.4, -0.2) is 27.5 Å². The second kappa shape index (κ2) is 22.7. The number of nitrogens with zero attached hydrogens (tertiary/aromatic N) is 2. The number of aromatic nitrogens is 2. The SMILES string of the molecule is CCC(CC)C(=O)/C=C(\O)C(CC)CCF.[2H]c1cc2cc(C)ccc2c(-c2[c-]c(C)cc(C)c2)n1.[2H]c1nc(-c2[c-]c(C)cc(C)c2)c2ccc(C3CCCC3)cc2c1[2H].[Ir]. The van der Waals surface area contributed by atoms with Crippen molar-refractivity contribution in [3.63, 3.8) is 0 Å². The normalized spacial score (nSPS) is 14.1. The van der Waals surface area contributed by atoms with Gasteiger partial charge in [0.15, 0.2) is 5.78 Å². The quantitative estimate of drug-likeness (QED) is 0.0798. The molecular weight excluding hydrogens is 908 g/mol. The van der Waals surface area contributed by atoms with Crippen molar-refractivity contribution in [3.8, 4) is 22.5 Å². The summed E-state index contributed by atoms with van der Waals surface area (Å²) in [5.74, 6) is 0.354. The van der Waals surface area contributed by atoms with E-state index in [9.17, 15) is 14.3 Å². The molecule has 1 saturated carbocycles. The van der Waals surface area contributed by atoms with Crippen molar-refractivity contribution >= 4 is 27.3 Å². The summed E-state index contributed by atoms with van der Waals surface area (Å²) >= 11 is 0. The number of carbonyl (C=O) groups excluding carboxylic acids is 1. The van der Waals surface area contributed by atoms with Gasteiger partial charge in [0, 0.05) is 50.4 Å². The second-order valence-electron chi connectivity index (χ2n) is 15.9. The average Bonchev–Trinajstić information content (AvgIpc) is 3.76. The molecule has 4 aromatic carbocycles. The summed E-state index contributed by atoms with van der Waals surface area (Å²) in [4.78, 5) is 20.6. The first-order valence-electron chi connectivity index (χ1n) is 22.5. The number of ketones is 1. The van der Waals surface area contributed by atoms with Gasteiger partial charge >= 0.3 is 0 Å². The summed E-state index contributed by atoms with van der Waals surface area (Å²) in [5, 5.41) is 13.7. The largest absolute Gasteiger partial charge is 0.512 e. The Morgan fingerprint density at radius 2 is 1.32 bits per heavy atom. The molecule has 0 amide bonds. The van der Waals surface area contributed by atoms with Crippen molar-refractivity contribution in [2.75, 3.05) is 6.67 Å². The number of aryl methyl sites for hydroxylation is 5. The molecule has 1 radical (unpaired) electrons. The summed E-state index contributed by atoms with van der Waals surface area (Å²) in [6.07, 6.45) is 9.17. The minimum Gasteiger partial charge on any atom is -0.512 e. The van der Waals surface area contributed by atoms with E-state index in [-0.39, 0.29) is 62.1 Å². The van der Waals surface area contributed by atoms with E-state index < -0.39 is 6.67 Å². The van der Waals surface area contributed by atoms with Crippen LogP contribution in [0.15, 0.2) is 97.0 Å². The fourth-order valence-corrected chi connectivity index (χ4v) is 8.05. The topological polar surface area (TPSA) is 63.1 Å². The fraction of sp³-hybridized carbons (Fsp3) is 0.377. The van der Waals surface area contributed by atoms with Crippen LogP contribution in [-0.2, 0) is 24.9 Å². The van der Waals surface area contributed by atoms with E-state index in [2.05, 4.69) is 104 Å². The Morgan fingerprint density at radius 3 is 1.88 bits per heavy atom. The van der Waals surface area contributed by atoms with Crippen molar-refractivity contribution < 1.29 is 38.5 Å². The van der Waals surface area contributed by atoms with Crippen LogP contribution >= 0.6 is 0 Å². The Morgan fingerprint density at radius 1 is 0.763 bits per heavy atom. The number of alkyl halides is 1. The first-order chi connectivity index (χ1) is 29.1. The van der Waals surface area contributed by atoms with Gasteiger partial charge in [-0.2, -0.15) is 0 Å². The molecule has 4 nitrogen and oxygen atoms in total. The van der Waals surface area contributed by atoms with Crippen molar-refractivity contribution in [1.82, 2.24) is 9.97 Å². The van der Waals surface area contributed by atoms with Crippen molar-refractivity contribution in [2.24, 2.45) is 11.8 Å². The molecule has 1 aliphatic rings. The standard InChI is InChI=1S/C22H22N.C18H16N.C13H23FO2.Ir/c1-15-11-16(2)13-20(12-15)22-21-8-7-18(17-5-3-4-6-17)14-19(21)9-10-23-22;1-12-4-5-17-15(9-12)6-7-19-18(17)16-10-13(2)8-14(3)11-16;1-4-10(5-2)12(15)9-13(16)11(6-3)7-8-14;/h7-12,14,17H,3-6H2,1-2H3;4-10H,1-3H3;9-11,16H,4-8H2,1-3H3;/q2*-1;;/b;;13-9-;/i9D,10D;7D;;. The third kappa shape index (κ3) is 12.7. The Kier molecular flexibility index (Phi) is 16.4. The molecule has 0 bridgehead atoms. The number of pyridine rings is 2. The molecule has 0 saturated heterocycles. The average molecular weight is 972 g/mol. The van der Waals surface area contributed by atoms with Gasteiger partial charge in [0.2, 0.25) is 0 Å². The Balaban J connectivity index is 0.000000209. The van der Waals surface area contributed by atoms with E-state index in [0.29, 0.717) is 18.5 Å². The fourth-order valence-electron chi connectivity index (χ4n) is 8.05. The Hall–Kier alpha value is -4.51. The number of rotatable bonds is 11. The molecule has 1 unspecified atom stereocenters. The third-order valence-corrected chi connectivity index (χ3v) is 11.2. The zero-order valence-corrected chi connectivity index (χ0v) is 38.4. The number of aliphatic hydroxyl groups is 1. The number of aliphatic hydroxyl groups excluding tert-OH is 1. The number of allylic oxidation sites excluding steroid dienone is 2. The van der Waals surface area contributed by atoms with Crippen LogP contribution in [0.3, 0.4) is 0 Å². The van der Waals surface area contributed by atoms with Gasteiger partial charge in [-0.15, -0.1) is 69.8 Å². The molecule has 59 heavy (non-hydrogen) atoms.